The Kier molecular flexibility index (Phi) is 4.30. The van der Waals surface area contributed by atoms with Gasteiger partial charge < -0.3 is 0 Å². The molecule has 0 saturated carbocycles. The van der Waals surface area contributed by atoms with E-state index < -0.39 is 9.84 Å². The van der Waals surface area contributed by atoms with Crippen molar-refractivity contribution in [3.8, 4) is 0 Å². The van der Waals surface area contributed by atoms with Gasteiger partial charge in [-0.3, -0.25) is 0 Å². The van der Waals surface area contributed by atoms with Gasteiger partial charge in [-0.25, -0.2) is 8.42 Å². The third-order valence-electron chi connectivity index (χ3n) is 2.49. The van der Waals surface area contributed by atoms with Crippen molar-refractivity contribution in [1.29, 1.82) is 0 Å². The Morgan fingerprint density at radius 1 is 0.842 bits per heavy atom. The topological polar surface area (TPSA) is 34.1 Å². The number of halogens is 2. The minimum absolute atomic E-state index is 0.231. The molecule has 19 heavy (non-hydrogen) atoms. The molecule has 0 radical (unpaired) electrons. The van der Waals surface area contributed by atoms with E-state index in [4.69, 9.17) is 23.2 Å². The average molecular weight is 313 g/mol. The Morgan fingerprint density at radius 2 is 1.42 bits per heavy atom. The van der Waals surface area contributed by atoms with Crippen LogP contribution < -0.4 is 0 Å². The summed E-state index contributed by atoms with van der Waals surface area (Å²) < 4.78 is 24.1. The summed E-state index contributed by atoms with van der Waals surface area (Å²) >= 11 is 11.9. The van der Waals surface area contributed by atoms with Crippen LogP contribution >= 0.6 is 23.2 Å². The highest BCUT2D eigenvalue weighted by Gasteiger charge is 2.10. The van der Waals surface area contributed by atoms with Crippen molar-refractivity contribution in [3.05, 3.63) is 69.5 Å². The standard InChI is InChI=1S/C14H10Cl2O2S/c15-13-7-4-8-14(16)12(13)9-10-19(17,18)11-5-2-1-3-6-11/h1-10H/b10-9+. The van der Waals surface area contributed by atoms with E-state index in [0.29, 0.717) is 15.6 Å². The van der Waals surface area contributed by atoms with Crippen molar-refractivity contribution >= 4 is 39.1 Å². The molecule has 2 rings (SSSR count). The average Bonchev–Trinajstić information content (AvgIpc) is 2.39. The first-order valence-corrected chi connectivity index (χ1v) is 7.73. The van der Waals surface area contributed by atoms with Gasteiger partial charge in [-0.2, -0.15) is 0 Å². The molecule has 98 valence electrons. The van der Waals surface area contributed by atoms with Gasteiger partial charge in [-0.1, -0.05) is 47.5 Å². The first-order valence-electron chi connectivity index (χ1n) is 5.43. The zero-order chi connectivity index (χ0) is 13.9. The van der Waals surface area contributed by atoms with Crippen LogP contribution in [0.3, 0.4) is 0 Å². The van der Waals surface area contributed by atoms with Crippen molar-refractivity contribution in [3.63, 3.8) is 0 Å². The molecule has 2 aromatic carbocycles. The van der Waals surface area contributed by atoms with Crippen LogP contribution in [0.1, 0.15) is 5.56 Å². The van der Waals surface area contributed by atoms with E-state index in [9.17, 15) is 8.42 Å². The van der Waals surface area contributed by atoms with Gasteiger partial charge in [-0.05, 0) is 30.3 Å². The van der Waals surface area contributed by atoms with E-state index in [2.05, 4.69) is 0 Å². The van der Waals surface area contributed by atoms with Crippen LogP contribution in [-0.4, -0.2) is 8.42 Å². The maximum atomic E-state index is 12.1. The molecule has 0 aliphatic heterocycles. The molecule has 0 atom stereocenters. The lowest BCUT2D eigenvalue weighted by molar-refractivity contribution is 0.605. The predicted molar refractivity (Wildman–Crippen MR) is 79.1 cm³/mol. The van der Waals surface area contributed by atoms with Crippen LogP contribution in [0.4, 0.5) is 0 Å². The van der Waals surface area contributed by atoms with Crippen LogP contribution in [0.5, 0.6) is 0 Å². The molecule has 0 aliphatic rings. The normalized spacial score (nSPS) is 11.9. The lowest BCUT2D eigenvalue weighted by atomic mass is 10.2. The Hall–Kier alpha value is -1.29. The maximum absolute atomic E-state index is 12.1. The van der Waals surface area contributed by atoms with E-state index >= 15 is 0 Å². The highest BCUT2D eigenvalue weighted by Crippen LogP contribution is 2.26. The Morgan fingerprint density at radius 3 is 2.00 bits per heavy atom. The summed E-state index contributed by atoms with van der Waals surface area (Å²) in [5.74, 6) is 0. The second-order valence-corrected chi connectivity index (χ2v) is 6.44. The van der Waals surface area contributed by atoms with Crippen LogP contribution in [0, 0.1) is 0 Å². The van der Waals surface area contributed by atoms with Gasteiger partial charge in [0.15, 0.2) is 9.84 Å². The van der Waals surface area contributed by atoms with Crippen molar-refractivity contribution in [2.45, 2.75) is 4.90 Å². The molecule has 0 aromatic heterocycles. The SMILES string of the molecule is O=S(=O)(/C=C/c1c(Cl)cccc1Cl)c1ccccc1. The van der Waals surface area contributed by atoms with Crippen LogP contribution in [-0.2, 0) is 9.84 Å². The fraction of sp³-hybridized carbons (Fsp3) is 0. The summed E-state index contributed by atoms with van der Waals surface area (Å²) in [6.07, 6.45) is 1.41. The number of rotatable bonds is 3. The summed E-state index contributed by atoms with van der Waals surface area (Å²) in [6.45, 7) is 0. The molecular weight excluding hydrogens is 303 g/mol. The van der Waals surface area contributed by atoms with E-state index in [1.54, 1.807) is 36.4 Å². The van der Waals surface area contributed by atoms with Crippen LogP contribution in [0.2, 0.25) is 10.0 Å². The highest BCUT2D eigenvalue weighted by atomic mass is 35.5. The number of sulfone groups is 1. The molecule has 0 unspecified atom stereocenters. The molecule has 0 aliphatic carbocycles. The van der Waals surface area contributed by atoms with E-state index in [0.717, 1.165) is 5.41 Å². The van der Waals surface area contributed by atoms with E-state index in [-0.39, 0.29) is 4.90 Å². The third kappa shape index (κ3) is 3.38. The lowest BCUT2D eigenvalue weighted by Gasteiger charge is -2.01. The van der Waals surface area contributed by atoms with Gasteiger partial charge in [0.1, 0.15) is 0 Å². The van der Waals surface area contributed by atoms with Gasteiger partial charge in [-0.15, -0.1) is 0 Å². The number of hydrogen-bond acceptors (Lipinski definition) is 2. The molecule has 0 amide bonds. The second-order valence-electron chi connectivity index (χ2n) is 3.80. The smallest absolute Gasteiger partial charge is 0.199 e. The zero-order valence-electron chi connectivity index (χ0n) is 9.75. The molecule has 0 heterocycles. The van der Waals surface area contributed by atoms with Crippen LogP contribution in [0.15, 0.2) is 58.8 Å². The van der Waals surface area contributed by atoms with Crippen molar-refractivity contribution < 1.29 is 8.42 Å². The summed E-state index contributed by atoms with van der Waals surface area (Å²) in [6, 6.07) is 13.2. The summed E-state index contributed by atoms with van der Waals surface area (Å²) in [5, 5.41) is 1.93. The minimum Gasteiger partial charge on any atom is -0.219 e. The van der Waals surface area contributed by atoms with Gasteiger partial charge in [0, 0.05) is 21.0 Å². The molecule has 0 fully saturated rings. The quantitative estimate of drug-likeness (QED) is 0.839. The lowest BCUT2D eigenvalue weighted by Crippen LogP contribution is -1.95. The first kappa shape index (κ1) is 14.1. The summed E-state index contributed by atoms with van der Waals surface area (Å²) in [5.41, 5.74) is 0.491. The molecular formula is C14H10Cl2O2S. The van der Waals surface area contributed by atoms with Gasteiger partial charge in [0.25, 0.3) is 0 Å². The molecule has 0 saturated heterocycles. The molecule has 2 nitrogen and oxygen atoms in total. The number of hydrogen-bond donors (Lipinski definition) is 0. The predicted octanol–water partition coefficient (Wildman–Crippen LogP) is 4.44. The summed E-state index contributed by atoms with van der Waals surface area (Å²) in [4.78, 5) is 0.231. The monoisotopic (exact) mass is 312 g/mol. The van der Waals surface area contributed by atoms with Crippen molar-refractivity contribution in [1.82, 2.24) is 0 Å². The Balaban J connectivity index is 2.39. The van der Waals surface area contributed by atoms with Crippen molar-refractivity contribution in [2.24, 2.45) is 0 Å². The largest absolute Gasteiger partial charge is 0.219 e. The Bertz CT molecular complexity index is 687. The maximum Gasteiger partial charge on any atom is 0.199 e. The fourth-order valence-electron chi connectivity index (χ4n) is 1.52. The third-order valence-corrected chi connectivity index (χ3v) is 4.57. The highest BCUT2D eigenvalue weighted by molar-refractivity contribution is 7.94. The molecule has 5 heteroatoms. The first-order chi connectivity index (χ1) is 9.00. The molecule has 2 aromatic rings. The van der Waals surface area contributed by atoms with Crippen molar-refractivity contribution in [2.75, 3.05) is 0 Å². The zero-order valence-corrected chi connectivity index (χ0v) is 12.1. The van der Waals surface area contributed by atoms with Crippen LogP contribution in [0.25, 0.3) is 6.08 Å². The fourth-order valence-corrected chi connectivity index (χ4v) is 3.05. The van der Waals surface area contributed by atoms with Gasteiger partial charge in [0.05, 0.1) is 4.90 Å². The molecule has 0 N–H and O–H groups in total. The van der Waals surface area contributed by atoms with E-state index in [1.807, 2.05) is 0 Å². The minimum atomic E-state index is -3.49. The summed E-state index contributed by atoms with van der Waals surface area (Å²) in [7, 11) is -3.49. The molecule has 0 bridgehead atoms. The van der Waals surface area contributed by atoms with Gasteiger partial charge in [0.2, 0.25) is 0 Å². The number of benzene rings is 2. The van der Waals surface area contributed by atoms with Gasteiger partial charge >= 0.3 is 0 Å². The molecule has 0 spiro atoms. The second kappa shape index (κ2) is 5.78. The Labute approximate surface area is 122 Å². The van der Waals surface area contributed by atoms with E-state index in [1.165, 1.54) is 18.2 Å².